The van der Waals surface area contributed by atoms with Gasteiger partial charge in [-0.15, -0.1) is 24.8 Å². The highest BCUT2D eigenvalue weighted by atomic mass is 35.5. The number of hydrogen-bond acceptors (Lipinski definition) is 3. The molecule has 0 amide bonds. The van der Waals surface area contributed by atoms with E-state index in [2.05, 4.69) is 21.9 Å². The Labute approximate surface area is 156 Å². The normalized spacial score (nSPS) is 16.2. The maximum absolute atomic E-state index is 12.2. The SMILES string of the molecule is CCCCC[C@H](c1ccc(OC(F)F)cc1)N1CCNCC1.Cl.Cl. The van der Waals surface area contributed by atoms with Gasteiger partial charge in [0, 0.05) is 32.2 Å². The van der Waals surface area contributed by atoms with Gasteiger partial charge in [-0.2, -0.15) is 8.78 Å². The molecule has 24 heavy (non-hydrogen) atoms. The first kappa shape index (κ1) is 23.4. The lowest BCUT2D eigenvalue weighted by Crippen LogP contribution is -2.45. The molecule has 1 aliphatic rings. The first-order chi connectivity index (χ1) is 10.7. The summed E-state index contributed by atoms with van der Waals surface area (Å²) in [6.07, 6.45) is 4.74. The molecule has 1 aromatic rings. The average Bonchev–Trinajstić information content (AvgIpc) is 2.53. The van der Waals surface area contributed by atoms with Crippen LogP contribution < -0.4 is 10.1 Å². The third kappa shape index (κ3) is 7.51. The molecule has 2 rings (SSSR count). The quantitative estimate of drug-likeness (QED) is 0.659. The molecule has 7 heteroatoms. The third-order valence-corrected chi connectivity index (χ3v) is 4.16. The van der Waals surface area contributed by atoms with Crippen LogP contribution in [0.3, 0.4) is 0 Å². The number of unbranched alkanes of at least 4 members (excludes halogenated alkanes) is 2. The van der Waals surface area contributed by atoms with Crippen LogP contribution in [0.2, 0.25) is 0 Å². The van der Waals surface area contributed by atoms with E-state index in [0.717, 1.165) is 32.6 Å². The molecule has 0 aliphatic carbocycles. The zero-order valence-electron chi connectivity index (χ0n) is 14.0. The molecule has 1 fully saturated rings. The predicted molar refractivity (Wildman–Crippen MR) is 98.9 cm³/mol. The van der Waals surface area contributed by atoms with Gasteiger partial charge in [-0.3, -0.25) is 4.90 Å². The highest BCUT2D eigenvalue weighted by molar-refractivity contribution is 5.85. The van der Waals surface area contributed by atoms with Crippen LogP contribution >= 0.6 is 24.8 Å². The molecule has 0 aromatic heterocycles. The summed E-state index contributed by atoms with van der Waals surface area (Å²) in [6.45, 7) is 3.53. The molecule has 1 saturated heterocycles. The Hall–Kier alpha value is -0.620. The number of halogens is 4. The van der Waals surface area contributed by atoms with Crippen LogP contribution in [0.15, 0.2) is 24.3 Å². The van der Waals surface area contributed by atoms with Gasteiger partial charge in [-0.25, -0.2) is 0 Å². The van der Waals surface area contributed by atoms with Crippen LogP contribution in [0, 0.1) is 0 Å². The topological polar surface area (TPSA) is 24.5 Å². The van der Waals surface area contributed by atoms with E-state index in [1.165, 1.54) is 24.8 Å². The van der Waals surface area contributed by atoms with Gasteiger partial charge < -0.3 is 10.1 Å². The van der Waals surface area contributed by atoms with Gasteiger partial charge in [-0.1, -0.05) is 38.3 Å². The number of benzene rings is 1. The fraction of sp³-hybridized carbons (Fsp3) is 0.647. The average molecular weight is 385 g/mol. The Morgan fingerprint density at radius 1 is 1.08 bits per heavy atom. The highest BCUT2D eigenvalue weighted by Gasteiger charge is 2.21. The van der Waals surface area contributed by atoms with Gasteiger partial charge >= 0.3 is 6.61 Å². The van der Waals surface area contributed by atoms with Gasteiger partial charge in [-0.05, 0) is 24.1 Å². The minimum Gasteiger partial charge on any atom is -0.435 e. The van der Waals surface area contributed by atoms with Crippen LogP contribution in [-0.4, -0.2) is 37.7 Å². The number of nitrogens with zero attached hydrogens (tertiary/aromatic N) is 1. The zero-order chi connectivity index (χ0) is 15.8. The summed E-state index contributed by atoms with van der Waals surface area (Å²) in [4.78, 5) is 2.50. The largest absolute Gasteiger partial charge is 0.435 e. The summed E-state index contributed by atoms with van der Waals surface area (Å²) in [5.41, 5.74) is 1.19. The van der Waals surface area contributed by atoms with Crippen molar-refractivity contribution in [2.45, 2.75) is 45.3 Å². The predicted octanol–water partition coefficient (Wildman–Crippen LogP) is 4.66. The van der Waals surface area contributed by atoms with Crippen molar-refractivity contribution in [2.75, 3.05) is 26.2 Å². The van der Waals surface area contributed by atoms with Crippen molar-refractivity contribution in [3.63, 3.8) is 0 Å². The minimum absolute atomic E-state index is 0. The van der Waals surface area contributed by atoms with E-state index in [4.69, 9.17) is 0 Å². The molecule has 140 valence electrons. The van der Waals surface area contributed by atoms with Crippen LogP contribution in [0.25, 0.3) is 0 Å². The summed E-state index contributed by atoms with van der Waals surface area (Å²) in [5, 5.41) is 3.37. The highest BCUT2D eigenvalue weighted by Crippen LogP contribution is 2.28. The van der Waals surface area contributed by atoms with Crippen LogP contribution in [-0.2, 0) is 0 Å². The van der Waals surface area contributed by atoms with Gasteiger partial charge in [0.25, 0.3) is 0 Å². The molecular formula is C17H28Cl2F2N2O. The first-order valence-corrected chi connectivity index (χ1v) is 8.20. The van der Waals surface area contributed by atoms with Crippen LogP contribution in [0.5, 0.6) is 5.75 Å². The van der Waals surface area contributed by atoms with E-state index in [9.17, 15) is 8.78 Å². The number of alkyl halides is 2. The maximum atomic E-state index is 12.2. The standard InChI is InChI=1S/C17H26F2N2O.2ClH/c1-2-3-4-5-16(21-12-10-20-11-13-21)14-6-8-15(9-7-14)22-17(18)19;;/h6-9,16-17,20H,2-5,10-13H2,1H3;2*1H/t16-;;/m1../s1. The molecule has 3 nitrogen and oxygen atoms in total. The summed E-state index contributed by atoms with van der Waals surface area (Å²) in [6, 6.07) is 7.52. The third-order valence-electron chi connectivity index (χ3n) is 4.16. The van der Waals surface area contributed by atoms with E-state index in [-0.39, 0.29) is 30.6 Å². The van der Waals surface area contributed by atoms with Gasteiger partial charge in [0.05, 0.1) is 0 Å². The molecule has 1 atom stereocenters. The Morgan fingerprint density at radius 3 is 2.25 bits per heavy atom. The van der Waals surface area contributed by atoms with E-state index in [1.54, 1.807) is 12.1 Å². The lowest BCUT2D eigenvalue weighted by molar-refractivity contribution is -0.0498. The monoisotopic (exact) mass is 384 g/mol. The molecule has 1 heterocycles. The fourth-order valence-corrected chi connectivity index (χ4v) is 3.01. The lowest BCUT2D eigenvalue weighted by atomic mass is 9.98. The molecule has 1 aromatic carbocycles. The van der Waals surface area contributed by atoms with E-state index < -0.39 is 6.61 Å². The summed E-state index contributed by atoms with van der Waals surface area (Å²) < 4.78 is 28.9. The minimum atomic E-state index is -2.76. The molecule has 0 spiro atoms. The van der Waals surface area contributed by atoms with Crippen LogP contribution in [0.1, 0.15) is 44.2 Å². The van der Waals surface area contributed by atoms with Crippen molar-refractivity contribution >= 4 is 24.8 Å². The first-order valence-electron chi connectivity index (χ1n) is 8.20. The Balaban J connectivity index is 0.00000264. The van der Waals surface area contributed by atoms with Crippen molar-refractivity contribution in [3.05, 3.63) is 29.8 Å². The second-order valence-corrected chi connectivity index (χ2v) is 5.75. The van der Waals surface area contributed by atoms with Gasteiger partial charge in [0.1, 0.15) is 5.75 Å². The summed E-state index contributed by atoms with van der Waals surface area (Å²) in [5.74, 6) is 0.228. The van der Waals surface area contributed by atoms with Crippen LogP contribution in [0.4, 0.5) is 8.78 Å². The summed E-state index contributed by atoms with van der Waals surface area (Å²) >= 11 is 0. The van der Waals surface area contributed by atoms with Crippen molar-refractivity contribution < 1.29 is 13.5 Å². The molecule has 0 saturated carbocycles. The zero-order valence-corrected chi connectivity index (χ0v) is 15.7. The van der Waals surface area contributed by atoms with E-state index >= 15 is 0 Å². The van der Waals surface area contributed by atoms with E-state index in [0.29, 0.717) is 6.04 Å². The molecular weight excluding hydrogens is 357 g/mol. The Bertz CT molecular complexity index is 429. The smallest absolute Gasteiger partial charge is 0.387 e. The molecule has 1 aliphatic heterocycles. The van der Waals surface area contributed by atoms with Crippen molar-refractivity contribution in [3.8, 4) is 5.75 Å². The maximum Gasteiger partial charge on any atom is 0.387 e. The number of piperazine rings is 1. The fourth-order valence-electron chi connectivity index (χ4n) is 3.01. The van der Waals surface area contributed by atoms with Crippen molar-refractivity contribution in [1.29, 1.82) is 0 Å². The number of ether oxygens (including phenoxy) is 1. The molecule has 0 bridgehead atoms. The number of rotatable bonds is 8. The molecule has 0 unspecified atom stereocenters. The Morgan fingerprint density at radius 2 is 1.71 bits per heavy atom. The second kappa shape index (κ2) is 12.7. The van der Waals surface area contributed by atoms with E-state index in [1.807, 2.05) is 12.1 Å². The van der Waals surface area contributed by atoms with Crippen molar-refractivity contribution in [1.82, 2.24) is 10.2 Å². The molecule has 1 N–H and O–H groups in total. The van der Waals surface area contributed by atoms with Gasteiger partial charge in [0.2, 0.25) is 0 Å². The Kier molecular flexibility index (Phi) is 12.4. The second-order valence-electron chi connectivity index (χ2n) is 5.75. The lowest BCUT2D eigenvalue weighted by Gasteiger charge is -2.35. The summed E-state index contributed by atoms with van der Waals surface area (Å²) in [7, 11) is 0. The number of nitrogens with one attached hydrogen (secondary N) is 1. The van der Waals surface area contributed by atoms with Crippen molar-refractivity contribution in [2.24, 2.45) is 0 Å². The number of hydrogen-bond donors (Lipinski definition) is 1. The van der Waals surface area contributed by atoms with Gasteiger partial charge in [0.15, 0.2) is 0 Å². The molecule has 0 radical (unpaired) electrons.